The number of rotatable bonds is 2. The van der Waals surface area contributed by atoms with Gasteiger partial charge in [-0.05, 0) is 43.9 Å². The second kappa shape index (κ2) is 3.51. The van der Waals surface area contributed by atoms with Gasteiger partial charge in [0.25, 0.3) is 0 Å². The van der Waals surface area contributed by atoms with Crippen LogP contribution in [0.1, 0.15) is 36.0 Å². The first-order valence-electron chi connectivity index (χ1n) is 5.51. The predicted octanol–water partition coefficient (Wildman–Crippen LogP) is 2.52. The second-order valence-electron chi connectivity index (χ2n) is 4.69. The first kappa shape index (κ1) is 11.0. The van der Waals surface area contributed by atoms with Crippen molar-refractivity contribution in [2.45, 2.75) is 38.5 Å². The van der Waals surface area contributed by atoms with E-state index in [0.29, 0.717) is 18.4 Å². The molecule has 0 amide bonds. The van der Waals surface area contributed by atoms with Crippen LogP contribution in [0, 0.1) is 13.8 Å². The lowest BCUT2D eigenvalue weighted by Crippen LogP contribution is -2.42. The minimum absolute atomic E-state index is 0.116. The van der Waals surface area contributed by atoms with Crippen molar-refractivity contribution in [3.63, 3.8) is 0 Å². The van der Waals surface area contributed by atoms with Gasteiger partial charge in [-0.15, -0.1) is 0 Å². The van der Waals surface area contributed by atoms with Crippen LogP contribution in [0.5, 0.6) is 5.75 Å². The summed E-state index contributed by atoms with van der Waals surface area (Å²) in [6.07, 6.45) is 2.16. The summed E-state index contributed by atoms with van der Waals surface area (Å²) in [5.74, 6) is -0.706. The molecule has 0 unspecified atom stereocenters. The first-order valence-corrected chi connectivity index (χ1v) is 5.51. The SMILES string of the molecule is Cc1cc(O)c(C2(C(=O)O)CCC2)cc1C. The first-order chi connectivity index (χ1) is 7.47. The second-order valence-corrected chi connectivity index (χ2v) is 4.69. The molecule has 1 aromatic rings. The molecule has 0 atom stereocenters. The number of carboxylic acid groups (broad SMARTS) is 1. The standard InChI is InChI=1S/C13H16O3/c1-8-6-10(11(14)7-9(8)2)13(12(15)16)4-3-5-13/h6-7,14H,3-5H2,1-2H3,(H,15,16). The molecule has 1 fully saturated rings. The maximum atomic E-state index is 11.3. The Morgan fingerprint density at radius 2 is 1.81 bits per heavy atom. The number of benzene rings is 1. The molecule has 3 nitrogen and oxygen atoms in total. The summed E-state index contributed by atoms with van der Waals surface area (Å²) in [6.45, 7) is 3.85. The van der Waals surface area contributed by atoms with Gasteiger partial charge in [0.2, 0.25) is 0 Å². The van der Waals surface area contributed by atoms with E-state index in [4.69, 9.17) is 0 Å². The molecule has 1 saturated carbocycles. The topological polar surface area (TPSA) is 57.5 Å². The van der Waals surface area contributed by atoms with E-state index < -0.39 is 11.4 Å². The highest BCUT2D eigenvalue weighted by atomic mass is 16.4. The minimum Gasteiger partial charge on any atom is -0.508 e. The van der Waals surface area contributed by atoms with E-state index in [1.165, 1.54) is 0 Å². The van der Waals surface area contributed by atoms with Gasteiger partial charge in [-0.25, -0.2) is 0 Å². The van der Waals surface area contributed by atoms with Crippen molar-refractivity contribution in [1.29, 1.82) is 0 Å². The number of phenolic OH excluding ortho intramolecular Hbond substituents is 1. The maximum absolute atomic E-state index is 11.3. The van der Waals surface area contributed by atoms with E-state index in [9.17, 15) is 15.0 Å². The molecule has 0 saturated heterocycles. The third-order valence-corrected chi connectivity index (χ3v) is 3.74. The van der Waals surface area contributed by atoms with Crippen molar-refractivity contribution >= 4 is 5.97 Å². The Balaban J connectivity index is 2.55. The summed E-state index contributed by atoms with van der Waals surface area (Å²) in [5, 5.41) is 19.2. The van der Waals surface area contributed by atoms with Gasteiger partial charge in [0.15, 0.2) is 0 Å². The van der Waals surface area contributed by atoms with Crippen molar-refractivity contribution < 1.29 is 15.0 Å². The van der Waals surface area contributed by atoms with E-state index in [-0.39, 0.29) is 5.75 Å². The molecule has 16 heavy (non-hydrogen) atoms. The van der Waals surface area contributed by atoms with Crippen LogP contribution in [0.4, 0.5) is 0 Å². The van der Waals surface area contributed by atoms with Crippen LogP contribution in [0.15, 0.2) is 12.1 Å². The molecule has 0 aromatic heterocycles. The fourth-order valence-electron chi connectivity index (χ4n) is 2.31. The molecule has 2 rings (SSSR count). The minimum atomic E-state index is -0.845. The molecule has 0 spiro atoms. The summed E-state index contributed by atoms with van der Waals surface area (Å²) in [5.41, 5.74) is 1.75. The van der Waals surface area contributed by atoms with Crippen LogP contribution >= 0.6 is 0 Å². The Labute approximate surface area is 94.7 Å². The smallest absolute Gasteiger partial charge is 0.314 e. The molecule has 86 valence electrons. The Bertz CT molecular complexity index is 445. The zero-order valence-electron chi connectivity index (χ0n) is 9.58. The number of hydrogen-bond donors (Lipinski definition) is 2. The van der Waals surface area contributed by atoms with Crippen molar-refractivity contribution in [3.05, 3.63) is 28.8 Å². The van der Waals surface area contributed by atoms with Crippen molar-refractivity contribution in [2.75, 3.05) is 0 Å². The van der Waals surface area contributed by atoms with Crippen LogP contribution in [-0.4, -0.2) is 16.2 Å². The van der Waals surface area contributed by atoms with E-state index >= 15 is 0 Å². The summed E-state index contributed by atoms with van der Waals surface area (Å²) < 4.78 is 0. The molecule has 1 aliphatic rings. The quantitative estimate of drug-likeness (QED) is 0.805. The van der Waals surface area contributed by atoms with Crippen LogP contribution < -0.4 is 0 Å². The molecular formula is C13H16O3. The van der Waals surface area contributed by atoms with Gasteiger partial charge in [0, 0.05) is 5.56 Å². The fraction of sp³-hybridized carbons (Fsp3) is 0.462. The summed E-state index contributed by atoms with van der Waals surface area (Å²) in [6, 6.07) is 3.48. The molecule has 0 heterocycles. The van der Waals surface area contributed by atoms with Gasteiger partial charge in [-0.1, -0.05) is 12.5 Å². The van der Waals surface area contributed by atoms with E-state index in [1.807, 2.05) is 19.9 Å². The van der Waals surface area contributed by atoms with Crippen LogP contribution in [0.3, 0.4) is 0 Å². The van der Waals surface area contributed by atoms with Crippen molar-refractivity contribution in [2.24, 2.45) is 0 Å². The van der Waals surface area contributed by atoms with Gasteiger partial charge < -0.3 is 10.2 Å². The molecule has 1 aliphatic carbocycles. The fourth-order valence-corrected chi connectivity index (χ4v) is 2.31. The van der Waals surface area contributed by atoms with Gasteiger partial charge >= 0.3 is 5.97 Å². The summed E-state index contributed by atoms with van der Waals surface area (Å²) >= 11 is 0. The number of hydrogen-bond acceptors (Lipinski definition) is 2. The molecule has 0 aliphatic heterocycles. The normalized spacial score (nSPS) is 17.9. The molecular weight excluding hydrogens is 204 g/mol. The van der Waals surface area contributed by atoms with Crippen LogP contribution in [0.25, 0.3) is 0 Å². The Hall–Kier alpha value is -1.51. The molecule has 1 aromatic carbocycles. The van der Waals surface area contributed by atoms with Gasteiger partial charge in [-0.2, -0.15) is 0 Å². The highest BCUT2D eigenvalue weighted by molar-refractivity contribution is 5.83. The largest absolute Gasteiger partial charge is 0.508 e. The molecule has 0 radical (unpaired) electrons. The zero-order valence-corrected chi connectivity index (χ0v) is 9.58. The highest BCUT2D eigenvalue weighted by Crippen LogP contribution is 2.47. The molecule has 3 heteroatoms. The third kappa shape index (κ3) is 1.39. The average molecular weight is 220 g/mol. The summed E-state index contributed by atoms with van der Waals surface area (Å²) in [7, 11) is 0. The Morgan fingerprint density at radius 3 is 2.25 bits per heavy atom. The van der Waals surface area contributed by atoms with Gasteiger partial charge in [-0.3, -0.25) is 4.79 Å². The third-order valence-electron chi connectivity index (χ3n) is 3.74. The monoisotopic (exact) mass is 220 g/mol. The number of aryl methyl sites for hydroxylation is 2. The zero-order chi connectivity index (χ0) is 11.9. The average Bonchev–Trinajstić information content (AvgIpc) is 2.11. The van der Waals surface area contributed by atoms with Crippen molar-refractivity contribution in [3.8, 4) is 5.75 Å². The Kier molecular flexibility index (Phi) is 2.41. The number of phenols is 1. The lowest BCUT2D eigenvalue weighted by molar-refractivity contribution is -0.147. The Morgan fingerprint density at radius 1 is 1.25 bits per heavy atom. The lowest BCUT2D eigenvalue weighted by atomic mass is 9.64. The van der Waals surface area contributed by atoms with E-state index in [0.717, 1.165) is 17.5 Å². The predicted molar refractivity (Wildman–Crippen MR) is 60.7 cm³/mol. The number of carboxylic acids is 1. The summed E-state index contributed by atoms with van der Waals surface area (Å²) in [4.78, 5) is 11.3. The van der Waals surface area contributed by atoms with Crippen LogP contribution in [-0.2, 0) is 10.2 Å². The van der Waals surface area contributed by atoms with Crippen molar-refractivity contribution in [1.82, 2.24) is 0 Å². The number of carbonyl (C=O) groups is 1. The highest BCUT2D eigenvalue weighted by Gasteiger charge is 2.47. The molecule has 0 bridgehead atoms. The van der Waals surface area contributed by atoms with Gasteiger partial charge in [0.05, 0.1) is 5.41 Å². The maximum Gasteiger partial charge on any atom is 0.314 e. The van der Waals surface area contributed by atoms with E-state index in [1.54, 1.807) is 6.07 Å². The lowest BCUT2D eigenvalue weighted by Gasteiger charge is -2.38. The van der Waals surface area contributed by atoms with Gasteiger partial charge in [0.1, 0.15) is 5.75 Å². The van der Waals surface area contributed by atoms with E-state index in [2.05, 4.69) is 0 Å². The number of aromatic hydroxyl groups is 1. The number of aliphatic carboxylic acids is 1. The van der Waals surface area contributed by atoms with Crippen LogP contribution in [0.2, 0.25) is 0 Å². The molecule has 2 N–H and O–H groups in total.